The summed E-state index contributed by atoms with van der Waals surface area (Å²) in [5.41, 5.74) is 1.58. The Bertz CT molecular complexity index is 1980. The van der Waals surface area contributed by atoms with Crippen LogP contribution in [0.2, 0.25) is 0 Å². The van der Waals surface area contributed by atoms with Crippen molar-refractivity contribution in [3.8, 4) is 0 Å². The number of rotatable bonds is 24. The highest BCUT2D eigenvalue weighted by Gasteiger charge is 2.44. The number of likely N-dealkylation sites (N-methyl/N-ethyl adjacent to an activating group) is 2. The van der Waals surface area contributed by atoms with Crippen LogP contribution in [0.15, 0.2) is 60.7 Å². The summed E-state index contributed by atoms with van der Waals surface area (Å²) in [5, 5.41) is 15.8. The number of carbonyl (C=O) groups excluding carboxylic acids is 4. The van der Waals surface area contributed by atoms with E-state index in [1.807, 2.05) is 76.0 Å². The predicted molar refractivity (Wildman–Crippen MR) is 250 cm³/mol. The lowest BCUT2D eigenvalue weighted by atomic mass is 9.87. The van der Waals surface area contributed by atoms with Crippen LogP contribution in [-0.4, -0.2) is 142 Å². The molecule has 0 bridgehead atoms. The van der Waals surface area contributed by atoms with E-state index < -0.39 is 70.2 Å². The molecule has 4 amide bonds. The number of carboxylic acids is 1. The van der Waals surface area contributed by atoms with Gasteiger partial charge in [0.15, 0.2) is 9.84 Å². The number of ether oxygens (including phenoxy) is 2. The van der Waals surface area contributed by atoms with Crippen molar-refractivity contribution in [2.24, 2.45) is 23.7 Å². The molecule has 1 saturated heterocycles. The Balaban J connectivity index is 0.00000203. The van der Waals surface area contributed by atoms with Gasteiger partial charge in [-0.1, -0.05) is 116 Å². The zero-order valence-corrected chi connectivity index (χ0v) is 41.7. The van der Waals surface area contributed by atoms with Gasteiger partial charge in [-0.05, 0) is 62.2 Å². The number of nitrogens with one attached hydrogen (secondary N) is 3. The van der Waals surface area contributed by atoms with Crippen LogP contribution in [0.3, 0.4) is 0 Å². The maximum absolute atomic E-state index is 14.4. The molecule has 9 atom stereocenters. The van der Waals surface area contributed by atoms with Crippen LogP contribution in [0.25, 0.3) is 0 Å². The molecule has 2 aromatic rings. The number of halogens is 3. The van der Waals surface area contributed by atoms with Crippen molar-refractivity contribution < 1.29 is 60.1 Å². The topological polar surface area (TPSA) is 201 Å². The zero-order chi connectivity index (χ0) is 50.8. The number of carbonyl (C=O) groups is 5. The summed E-state index contributed by atoms with van der Waals surface area (Å²) in [6.45, 7) is 14.1. The molecule has 3 rings (SSSR count). The Morgan fingerprint density at radius 2 is 1.42 bits per heavy atom. The Hall–Kier alpha value is -4.43. The Morgan fingerprint density at radius 3 is 1.88 bits per heavy atom. The lowest BCUT2D eigenvalue weighted by Crippen LogP contribution is -2.60. The smallest absolute Gasteiger partial charge is 0.475 e. The SMILES string of the molecule is CC[C@H](C)[C@@H]([C@@H](CC(=O)N1CCC[C@H]1[C@H](OC)[C@@H](C)C(=O)N[C@@H](Cc1ccccc1)CS(=O)(=O)Cc1ccccc1)OC)N(C)[C@H](C(=O)NC(=O)[C@@H](NC)C(C)C)C(C)C.O=C(O)C(F)(F)F. The largest absolute Gasteiger partial charge is 0.490 e. The van der Waals surface area contributed by atoms with Gasteiger partial charge in [-0.2, -0.15) is 13.2 Å². The molecule has 4 N–H and O–H groups in total. The summed E-state index contributed by atoms with van der Waals surface area (Å²) in [5.74, 6) is -5.30. The van der Waals surface area contributed by atoms with Crippen molar-refractivity contribution in [2.45, 2.75) is 135 Å². The molecule has 0 saturated carbocycles. The molecule has 2 aromatic carbocycles. The molecular formula is C48H74F3N5O10S. The zero-order valence-electron chi connectivity index (χ0n) is 40.8. The van der Waals surface area contributed by atoms with Crippen LogP contribution in [0.5, 0.6) is 0 Å². The molecule has 1 heterocycles. The third-order valence-corrected chi connectivity index (χ3v) is 14.1. The van der Waals surface area contributed by atoms with Gasteiger partial charge >= 0.3 is 12.1 Å². The first kappa shape index (κ1) is 58.7. The summed E-state index contributed by atoms with van der Waals surface area (Å²) in [7, 11) is 3.06. The Labute approximate surface area is 395 Å². The number of hydrogen-bond acceptors (Lipinski definition) is 11. The average molecular weight is 970 g/mol. The fraction of sp³-hybridized carbons (Fsp3) is 0.646. The van der Waals surface area contributed by atoms with Crippen molar-refractivity contribution in [3.05, 3.63) is 71.8 Å². The molecule has 378 valence electrons. The fourth-order valence-electron chi connectivity index (χ4n) is 8.95. The number of nitrogens with zero attached hydrogens (tertiary/aromatic N) is 2. The molecule has 0 aliphatic carbocycles. The van der Waals surface area contributed by atoms with Crippen LogP contribution in [0, 0.1) is 23.7 Å². The van der Waals surface area contributed by atoms with Gasteiger partial charge in [0.25, 0.3) is 0 Å². The van der Waals surface area contributed by atoms with Crippen LogP contribution in [0.4, 0.5) is 13.2 Å². The lowest BCUT2D eigenvalue weighted by molar-refractivity contribution is -0.192. The molecule has 0 spiro atoms. The number of sulfone groups is 1. The first-order chi connectivity index (χ1) is 31.3. The van der Waals surface area contributed by atoms with Gasteiger partial charge in [-0.25, -0.2) is 13.2 Å². The number of imide groups is 1. The standard InChI is InChI=1S/C46H73N5O8S.C2HF3O2/c1-12-32(6)42(50(9)41(31(4)5)46(55)49-45(54)40(47-8)30(2)3)38(58-10)27-39(52)51-25-19-24-37(51)43(59-11)33(7)44(53)48-36(26-34-20-15-13-16-21-34)29-60(56,57)28-35-22-17-14-18-23-35;3-2(4,5)1(6)7/h13-18,20-23,30-33,36-38,40-43,47H,12,19,24-29H2,1-11H3,(H,48,53)(H,49,54,55);(H,6,7)/t32-,33+,36-,37-,38+,40-,41-,42-,43+;/m0./s1. The van der Waals surface area contributed by atoms with Crippen molar-refractivity contribution >= 4 is 39.4 Å². The van der Waals surface area contributed by atoms with E-state index in [1.165, 1.54) is 7.11 Å². The van der Waals surface area contributed by atoms with Gasteiger partial charge < -0.3 is 30.1 Å². The molecule has 1 aliphatic heterocycles. The average Bonchev–Trinajstić information content (AvgIpc) is 3.73. The first-order valence-corrected chi connectivity index (χ1v) is 24.6. The van der Waals surface area contributed by atoms with Crippen molar-refractivity contribution in [2.75, 3.05) is 40.6 Å². The summed E-state index contributed by atoms with van der Waals surface area (Å²) in [6, 6.07) is 15.8. The van der Waals surface area contributed by atoms with Gasteiger partial charge in [-0.3, -0.25) is 29.4 Å². The summed E-state index contributed by atoms with van der Waals surface area (Å²) >= 11 is 0. The minimum absolute atomic E-state index is 0.0170. The molecule has 0 radical (unpaired) electrons. The van der Waals surface area contributed by atoms with Crippen molar-refractivity contribution in [3.63, 3.8) is 0 Å². The third-order valence-electron chi connectivity index (χ3n) is 12.4. The van der Waals surface area contributed by atoms with Gasteiger partial charge in [0.1, 0.15) is 0 Å². The summed E-state index contributed by atoms with van der Waals surface area (Å²) < 4.78 is 70.8. The minimum Gasteiger partial charge on any atom is -0.475 e. The van der Waals surface area contributed by atoms with Crippen molar-refractivity contribution in [1.82, 2.24) is 25.8 Å². The highest BCUT2D eigenvalue weighted by atomic mass is 32.2. The number of methoxy groups -OCH3 is 2. The third kappa shape index (κ3) is 18.2. The molecule has 0 aromatic heterocycles. The van der Waals surface area contributed by atoms with Crippen LogP contribution in [0.1, 0.15) is 85.3 Å². The second kappa shape index (κ2) is 27.5. The van der Waals surface area contributed by atoms with E-state index in [0.717, 1.165) is 18.4 Å². The van der Waals surface area contributed by atoms with Gasteiger partial charge in [0.2, 0.25) is 23.6 Å². The predicted octanol–water partition coefficient (Wildman–Crippen LogP) is 5.27. The minimum atomic E-state index is -5.08. The molecule has 1 aliphatic rings. The van der Waals surface area contributed by atoms with Crippen LogP contribution < -0.4 is 16.0 Å². The Kier molecular flexibility index (Phi) is 24.1. The summed E-state index contributed by atoms with van der Waals surface area (Å²) in [6.07, 6.45) is -3.88. The number of amides is 4. The fourth-order valence-corrected chi connectivity index (χ4v) is 10.6. The number of hydrogen-bond donors (Lipinski definition) is 4. The highest BCUT2D eigenvalue weighted by molar-refractivity contribution is 7.90. The number of benzene rings is 2. The van der Waals surface area contributed by atoms with Gasteiger partial charge in [0.05, 0.1) is 54.2 Å². The molecule has 1 fully saturated rings. The van der Waals surface area contributed by atoms with Crippen LogP contribution in [-0.2, 0) is 55.5 Å². The molecular weight excluding hydrogens is 896 g/mol. The molecule has 19 heteroatoms. The van der Waals surface area contributed by atoms with Gasteiger partial charge in [0, 0.05) is 32.8 Å². The Morgan fingerprint density at radius 1 is 0.866 bits per heavy atom. The molecule has 0 unspecified atom stereocenters. The number of aliphatic carboxylic acids is 1. The summed E-state index contributed by atoms with van der Waals surface area (Å²) in [4.78, 5) is 68.0. The molecule has 67 heavy (non-hydrogen) atoms. The van der Waals surface area contributed by atoms with E-state index in [2.05, 4.69) is 29.8 Å². The highest BCUT2D eigenvalue weighted by Crippen LogP contribution is 2.31. The van der Waals surface area contributed by atoms with E-state index in [1.54, 1.807) is 50.2 Å². The number of carboxylic acid groups (broad SMARTS) is 1. The maximum atomic E-state index is 14.4. The number of alkyl halides is 3. The van der Waals surface area contributed by atoms with E-state index >= 15 is 0 Å². The quantitative estimate of drug-likeness (QED) is 0.107. The molecule has 15 nitrogen and oxygen atoms in total. The first-order valence-electron chi connectivity index (χ1n) is 22.8. The van der Waals surface area contributed by atoms with Crippen LogP contribution >= 0.6 is 0 Å². The van der Waals surface area contributed by atoms with E-state index in [-0.39, 0.29) is 59.4 Å². The monoisotopic (exact) mass is 970 g/mol. The second-order valence-corrected chi connectivity index (χ2v) is 20.2. The van der Waals surface area contributed by atoms with Gasteiger partial charge in [-0.15, -0.1) is 0 Å². The second-order valence-electron chi connectivity index (χ2n) is 18.1. The van der Waals surface area contributed by atoms with Crippen molar-refractivity contribution in [1.29, 1.82) is 0 Å². The van der Waals surface area contributed by atoms with E-state index in [9.17, 15) is 40.8 Å². The van der Waals surface area contributed by atoms with E-state index in [0.29, 0.717) is 24.9 Å². The normalized spacial score (nSPS) is 17.9. The lowest BCUT2D eigenvalue weighted by Gasteiger charge is -2.43. The van der Waals surface area contributed by atoms with E-state index in [4.69, 9.17) is 19.4 Å². The maximum Gasteiger partial charge on any atom is 0.490 e. The number of likely N-dealkylation sites (tertiary alicyclic amines) is 1.